The number of sulfonamides is 1. The fraction of sp³-hybridized carbons (Fsp3) is 0.455. The molecule has 0 saturated carbocycles. The minimum atomic E-state index is -3.40. The lowest BCUT2D eigenvalue weighted by Crippen LogP contribution is -2.56. The topological polar surface area (TPSA) is 66.6 Å². The molecule has 2 rings (SSSR count). The summed E-state index contributed by atoms with van der Waals surface area (Å²) in [6.45, 7) is 1.42. The first-order valence-electron chi connectivity index (χ1n) is 5.45. The monoisotopic (exact) mass is 255 g/mol. The maximum atomic E-state index is 12.1. The summed E-state index contributed by atoms with van der Waals surface area (Å²) in [5.41, 5.74) is 6.46. The third-order valence-electron chi connectivity index (χ3n) is 2.87. The molecule has 1 fully saturated rings. The maximum absolute atomic E-state index is 12.1. The summed E-state index contributed by atoms with van der Waals surface area (Å²) in [6, 6.07) is 7.18. The van der Waals surface area contributed by atoms with Crippen molar-refractivity contribution in [1.29, 1.82) is 0 Å². The van der Waals surface area contributed by atoms with Gasteiger partial charge in [-0.25, -0.2) is 12.7 Å². The average Bonchev–Trinajstić information content (AvgIpc) is 2.24. The lowest BCUT2D eigenvalue weighted by Gasteiger charge is -2.39. The summed E-state index contributed by atoms with van der Waals surface area (Å²) in [6.07, 6.45) is 0. The fourth-order valence-electron chi connectivity index (χ4n) is 1.84. The Morgan fingerprint density at radius 1 is 1.29 bits per heavy atom. The van der Waals surface area contributed by atoms with Gasteiger partial charge in [0.1, 0.15) is 4.90 Å². The van der Waals surface area contributed by atoms with E-state index in [1.165, 1.54) is 18.4 Å². The van der Waals surface area contributed by atoms with Crippen LogP contribution in [0.15, 0.2) is 29.2 Å². The molecular weight excluding hydrogens is 238 g/mol. The standard InChI is InChI=1S/C11H17N3O2S/c1-13(2)17(15,16)11-6-4-3-5-10(11)14-7-9(12)8-14/h3-6,9H,7-8,12H2,1-2H3. The van der Waals surface area contributed by atoms with E-state index >= 15 is 0 Å². The number of rotatable bonds is 3. The van der Waals surface area contributed by atoms with Gasteiger partial charge in [-0.1, -0.05) is 12.1 Å². The summed E-state index contributed by atoms with van der Waals surface area (Å²) >= 11 is 0. The Kier molecular flexibility index (Phi) is 3.11. The Balaban J connectivity index is 2.42. The third kappa shape index (κ3) is 2.15. The van der Waals surface area contributed by atoms with Gasteiger partial charge in [-0.05, 0) is 12.1 Å². The van der Waals surface area contributed by atoms with E-state index in [1.54, 1.807) is 12.1 Å². The van der Waals surface area contributed by atoms with Gasteiger partial charge in [-0.15, -0.1) is 0 Å². The van der Waals surface area contributed by atoms with Crippen LogP contribution in [0.25, 0.3) is 0 Å². The highest BCUT2D eigenvalue weighted by molar-refractivity contribution is 7.89. The van der Waals surface area contributed by atoms with Crippen molar-refractivity contribution in [3.63, 3.8) is 0 Å². The van der Waals surface area contributed by atoms with Crippen LogP contribution < -0.4 is 10.6 Å². The van der Waals surface area contributed by atoms with E-state index in [2.05, 4.69) is 0 Å². The van der Waals surface area contributed by atoms with E-state index in [-0.39, 0.29) is 6.04 Å². The van der Waals surface area contributed by atoms with Gasteiger partial charge in [0.25, 0.3) is 0 Å². The molecule has 0 aromatic heterocycles. The Labute approximate surface area is 102 Å². The highest BCUT2D eigenvalue weighted by atomic mass is 32.2. The number of nitrogens with two attached hydrogens (primary N) is 1. The van der Waals surface area contributed by atoms with Crippen LogP contribution in [0.4, 0.5) is 5.69 Å². The van der Waals surface area contributed by atoms with Crippen LogP contribution in [-0.2, 0) is 10.0 Å². The molecule has 0 spiro atoms. The first-order chi connectivity index (χ1) is 7.93. The van der Waals surface area contributed by atoms with E-state index in [9.17, 15) is 8.42 Å². The summed E-state index contributed by atoms with van der Waals surface area (Å²) in [5, 5.41) is 0. The summed E-state index contributed by atoms with van der Waals surface area (Å²) in [7, 11) is -0.324. The van der Waals surface area contributed by atoms with Crippen molar-refractivity contribution in [1.82, 2.24) is 4.31 Å². The second-order valence-corrected chi connectivity index (χ2v) is 6.54. The summed E-state index contributed by atoms with van der Waals surface area (Å²) < 4.78 is 25.5. The van der Waals surface area contributed by atoms with Crippen LogP contribution in [0.5, 0.6) is 0 Å². The fourth-order valence-corrected chi connectivity index (χ4v) is 2.95. The van der Waals surface area contributed by atoms with Crippen LogP contribution >= 0.6 is 0 Å². The molecule has 1 aliphatic heterocycles. The molecule has 0 unspecified atom stereocenters. The van der Waals surface area contributed by atoms with Crippen molar-refractivity contribution in [2.45, 2.75) is 10.9 Å². The Bertz CT molecular complexity index is 507. The number of hydrogen-bond acceptors (Lipinski definition) is 4. The highest BCUT2D eigenvalue weighted by Crippen LogP contribution is 2.29. The van der Waals surface area contributed by atoms with Crippen molar-refractivity contribution in [2.24, 2.45) is 5.73 Å². The molecular formula is C11H17N3O2S. The van der Waals surface area contributed by atoms with Crippen molar-refractivity contribution in [3.8, 4) is 0 Å². The molecule has 1 saturated heterocycles. The smallest absolute Gasteiger partial charge is 0.244 e. The number of nitrogens with zero attached hydrogens (tertiary/aromatic N) is 2. The number of para-hydroxylation sites is 1. The predicted octanol–water partition coefficient (Wildman–Crippen LogP) is 0.0842. The molecule has 6 heteroatoms. The average molecular weight is 255 g/mol. The van der Waals surface area contributed by atoms with E-state index in [4.69, 9.17) is 5.73 Å². The largest absolute Gasteiger partial charge is 0.367 e. The molecule has 0 radical (unpaired) electrons. The Morgan fingerprint density at radius 2 is 1.88 bits per heavy atom. The quantitative estimate of drug-likeness (QED) is 0.831. The zero-order valence-electron chi connectivity index (χ0n) is 10.00. The maximum Gasteiger partial charge on any atom is 0.244 e. The van der Waals surface area contributed by atoms with Gasteiger partial charge in [0, 0.05) is 33.2 Å². The first-order valence-corrected chi connectivity index (χ1v) is 6.89. The molecule has 0 amide bonds. The zero-order valence-corrected chi connectivity index (χ0v) is 10.8. The summed E-state index contributed by atoms with van der Waals surface area (Å²) in [4.78, 5) is 2.33. The van der Waals surface area contributed by atoms with Gasteiger partial charge in [-0.3, -0.25) is 0 Å². The molecule has 0 atom stereocenters. The van der Waals surface area contributed by atoms with Crippen LogP contribution in [0.2, 0.25) is 0 Å². The van der Waals surface area contributed by atoms with Gasteiger partial charge >= 0.3 is 0 Å². The van der Waals surface area contributed by atoms with Gasteiger partial charge in [0.05, 0.1) is 5.69 Å². The lowest BCUT2D eigenvalue weighted by molar-refractivity contribution is 0.505. The van der Waals surface area contributed by atoms with Gasteiger partial charge in [0.15, 0.2) is 0 Å². The van der Waals surface area contributed by atoms with Crippen LogP contribution in [0.1, 0.15) is 0 Å². The van der Waals surface area contributed by atoms with Gasteiger partial charge < -0.3 is 10.6 Å². The second-order valence-electron chi connectivity index (χ2n) is 4.42. The second kappa shape index (κ2) is 4.29. The molecule has 2 N–H and O–H groups in total. The normalized spacial score (nSPS) is 17.3. The molecule has 1 aromatic carbocycles. The molecule has 0 aliphatic carbocycles. The van der Waals surface area contributed by atoms with E-state index in [0.717, 1.165) is 5.69 Å². The number of benzene rings is 1. The predicted molar refractivity (Wildman–Crippen MR) is 67.5 cm³/mol. The molecule has 94 valence electrons. The van der Waals surface area contributed by atoms with Crippen molar-refractivity contribution in [3.05, 3.63) is 24.3 Å². The van der Waals surface area contributed by atoms with Crippen molar-refractivity contribution in [2.75, 3.05) is 32.1 Å². The number of anilines is 1. The molecule has 17 heavy (non-hydrogen) atoms. The van der Waals surface area contributed by atoms with E-state index in [0.29, 0.717) is 18.0 Å². The minimum Gasteiger partial charge on any atom is -0.367 e. The van der Waals surface area contributed by atoms with E-state index in [1.807, 2.05) is 17.0 Å². The highest BCUT2D eigenvalue weighted by Gasteiger charge is 2.29. The third-order valence-corrected chi connectivity index (χ3v) is 4.74. The Hall–Kier alpha value is -1.11. The zero-order chi connectivity index (χ0) is 12.6. The van der Waals surface area contributed by atoms with Crippen molar-refractivity contribution >= 4 is 15.7 Å². The first kappa shape index (κ1) is 12.3. The lowest BCUT2D eigenvalue weighted by atomic mass is 10.1. The van der Waals surface area contributed by atoms with Crippen molar-refractivity contribution < 1.29 is 8.42 Å². The van der Waals surface area contributed by atoms with E-state index < -0.39 is 10.0 Å². The molecule has 0 bridgehead atoms. The molecule has 1 aromatic rings. The van der Waals surface area contributed by atoms with Crippen LogP contribution in [0, 0.1) is 0 Å². The Morgan fingerprint density at radius 3 is 2.41 bits per heavy atom. The van der Waals surface area contributed by atoms with Crippen LogP contribution in [-0.4, -0.2) is 45.9 Å². The minimum absolute atomic E-state index is 0.144. The van der Waals surface area contributed by atoms with Crippen LogP contribution in [0.3, 0.4) is 0 Å². The molecule has 5 nitrogen and oxygen atoms in total. The molecule has 1 aliphatic rings. The molecule has 1 heterocycles. The summed E-state index contributed by atoms with van der Waals surface area (Å²) in [5.74, 6) is 0. The number of hydrogen-bond donors (Lipinski definition) is 1. The van der Waals surface area contributed by atoms with Gasteiger partial charge in [0.2, 0.25) is 10.0 Å². The SMILES string of the molecule is CN(C)S(=O)(=O)c1ccccc1N1CC(N)C1. The van der Waals surface area contributed by atoms with Gasteiger partial charge in [-0.2, -0.15) is 0 Å².